The normalized spacial score (nSPS) is 14.7. The van der Waals surface area contributed by atoms with E-state index < -0.39 is 5.54 Å². The summed E-state index contributed by atoms with van der Waals surface area (Å²) < 4.78 is 0. The average molecular weight is 297 g/mol. The van der Waals surface area contributed by atoms with Crippen molar-refractivity contribution >= 4 is 0 Å². The van der Waals surface area contributed by atoms with E-state index in [1.54, 1.807) is 0 Å². The van der Waals surface area contributed by atoms with Crippen LogP contribution in [-0.2, 0) is 0 Å². The van der Waals surface area contributed by atoms with Gasteiger partial charge in [-0.25, -0.2) is 0 Å². The lowest BCUT2D eigenvalue weighted by molar-refractivity contribution is 0.225. The number of nitrogens with zero attached hydrogens (tertiary/aromatic N) is 3. The Balaban J connectivity index is 4.17. The highest BCUT2D eigenvalue weighted by Gasteiger charge is 2.24. The summed E-state index contributed by atoms with van der Waals surface area (Å²) >= 11 is 0. The highest BCUT2D eigenvalue weighted by Crippen LogP contribution is 2.11. The minimum atomic E-state index is -0.416. The first-order valence-corrected chi connectivity index (χ1v) is 8.54. The molecule has 21 heavy (non-hydrogen) atoms. The van der Waals surface area contributed by atoms with Gasteiger partial charge in [-0.1, -0.05) is 20.8 Å². The van der Waals surface area contributed by atoms with Gasteiger partial charge in [0.1, 0.15) is 5.54 Å². The van der Waals surface area contributed by atoms with E-state index in [1.165, 1.54) is 13.0 Å². The minimum absolute atomic E-state index is 0.340. The largest absolute Gasteiger partial charge is 0.304 e. The van der Waals surface area contributed by atoms with Crippen molar-refractivity contribution in [2.45, 2.75) is 66.0 Å². The number of hydrogen-bond acceptors (Lipinski definition) is 4. The van der Waals surface area contributed by atoms with Crippen LogP contribution < -0.4 is 5.32 Å². The number of hydrogen-bond donors (Lipinski definition) is 1. The lowest BCUT2D eigenvalue weighted by atomic mass is 9.98. The fourth-order valence-electron chi connectivity index (χ4n) is 2.66. The summed E-state index contributed by atoms with van der Waals surface area (Å²) in [6.45, 7) is 19.4. The average Bonchev–Trinajstić information content (AvgIpc) is 2.46. The molecule has 0 spiro atoms. The van der Waals surface area contributed by atoms with Gasteiger partial charge in [0.25, 0.3) is 0 Å². The zero-order valence-corrected chi connectivity index (χ0v) is 15.1. The van der Waals surface area contributed by atoms with Crippen molar-refractivity contribution < 1.29 is 0 Å². The summed E-state index contributed by atoms with van der Waals surface area (Å²) in [5.74, 6) is 0. The molecule has 0 heterocycles. The van der Waals surface area contributed by atoms with Gasteiger partial charge in [-0.2, -0.15) is 5.26 Å². The van der Waals surface area contributed by atoms with Gasteiger partial charge in [-0.3, -0.25) is 5.32 Å². The molecule has 0 amide bonds. The van der Waals surface area contributed by atoms with E-state index in [0.717, 1.165) is 39.1 Å². The lowest BCUT2D eigenvalue weighted by Gasteiger charge is -2.29. The molecule has 0 saturated carbocycles. The van der Waals surface area contributed by atoms with E-state index in [2.05, 4.69) is 55.8 Å². The zero-order valence-electron chi connectivity index (χ0n) is 15.1. The molecular weight excluding hydrogens is 260 g/mol. The van der Waals surface area contributed by atoms with Crippen LogP contribution in [0.25, 0.3) is 0 Å². The topological polar surface area (TPSA) is 42.3 Å². The smallest absolute Gasteiger partial charge is 0.105 e. The van der Waals surface area contributed by atoms with Gasteiger partial charge >= 0.3 is 0 Å². The molecule has 4 heteroatoms. The van der Waals surface area contributed by atoms with Crippen LogP contribution in [0.1, 0.15) is 54.4 Å². The number of nitrogens with one attached hydrogen (secondary N) is 1. The standard InChI is InChI=1S/C17H36N4/c1-7-20(8-2)12-10-13-21(9-3)14-11-17(6,15-18)19-16(4)5/h16,19H,7-14H2,1-6H3. The monoisotopic (exact) mass is 296 g/mol. The predicted octanol–water partition coefficient (Wildman–Crippen LogP) is 2.71. The third kappa shape index (κ3) is 9.08. The molecule has 0 bridgehead atoms. The molecular formula is C17H36N4. The van der Waals surface area contributed by atoms with E-state index in [1.807, 2.05) is 6.92 Å². The third-order valence-corrected chi connectivity index (χ3v) is 4.07. The lowest BCUT2D eigenvalue weighted by Crippen LogP contribution is -2.47. The minimum Gasteiger partial charge on any atom is -0.304 e. The summed E-state index contributed by atoms with van der Waals surface area (Å²) in [7, 11) is 0. The molecule has 0 aromatic heterocycles. The number of nitriles is 1. The van der Waals surface area contributed by atoms with Crippen LogP contribution in [0.5, 0.6) is 0 Å². The SMILES string of the molecule is CCN(CC)CCCN(CC)CCC(C)(C#N)NC(C)C. The second kappa shape index (κ2) is 11.0. The molecule has 4 nitrogen and oxygen atoms in total. The first-order valence-electron chi connectivity index (χ1n) is 8.54. The molecule has 0 aliphatic heterocycles. The summed E-state index contributed by atoms with van der Waals surface area (Å²) in [6.07, 6.45) is 2.08. The molecule has 0 radical (unpaired) electrons. The van der Waals surface area contributed by atoms with Crippen molar-refractivity contribution in [1.82, 2.24) is 15.1 Å². The van der Waals surface area contributed by atoms with E-state index in [0.29, 0.717) is 6.04 Å². The predicted molar refractivity (Wildman–Crippen MR) is 91.4 cm³/mol. The summed E-state index contributed by atoms with van der Waals surface area (Å²) in [5, 5.41) is 12.8. The molecule has 0 saturated heterocycles. The van der Waals surface area contributed by atoms with Gasteiger partial charge < -0.3 is 9.80 Å². The molecule has 1 unspecified atom stereocenters. The van der Waals surface area contributed by atoms with Crippen LogP contribution in [0.3, 0.4) is 0 Å². The Labute approximate surface area is 132 Å². The van der Waals surface area contributed by atoms with Crippen LogP contribution in [0.15, 0.2) is 0 Å². The summed E-state index contributed by atoms with van der Waals surface area (Å²) in [4.78, 5) is 4.93. The van der Waals surface area contributed by atoms with E-state index in [9.17, 15) is 5.26 Å². The summed E-state index contributed by atoms with van der Waals surface area (Å²) in [5.41, 5.74) is -0.416. The maximum absolute atomic E-state index is 9.39. The van der Waals surface area contributed by atoms with Crippen molar-refractivity contribution in [3.63, 3.8) is 0 Å². The Kier molecular flexibility index (Phi) is 10.7. The Hall–Kier alpha value is -0.630. The van der Waals surface area contributed by atoms with Crippen molar-refractivity contribution in [3.8, 4) is 6.07 Å². The molecule has 124 valence electrons. The molecule has 0 aromatic carbocycles. The van der Waals surface area contributed by atoms with E-state index in [4.69, 9.17) is 0 Å². The van der Waals surface area contributed by atoms with Gasteiger partial charge in [0.15, 0.2) is 0 Å². The highest BCUT2D eigenvalue weighted by atomic mass is 15.1. The summed E-state index contributed by atoms with van der Waals surface area (Å²) in [6, 6.07) is 2.78. The maximum atomic E-state index is 9.39. The zero-order chi connectivity index (χ0) is 16.3. The quantitative estimate of drug-likeness (QED) is 0.601. The van der Waals surface area contributed by atoms with E-state index >= 15 is 0 Å². The first-order chi connectivity index (χ1) is 9.90. The molecule has 0 aliphatic carbocycles. The van der Waals surface area contributed by atoms with Gasteiger partial charge in [-0.05, 0) is 66.3 Å². The Morgan fingerprint density at radius 1 is 1.00 bits per heavy atom. The molecule has 1 atom stereocenters. The fraction of sp³-hybridized carbons (Fsp3) is 0.941. The van der Waals surface area contributed by atoms with Crippen LogP contribution >= 0.6 is 0 Å². The highest BCUT2D eigenvalue weighted by molar-refractivity contribution is 5.04. The van der Waals surface area contributed by atoms with Crippen molar-refractivity contribution in [2.24, 2.45) is 0 Å². The second-order valence-electron chi connectivity index (χ2n) is 6.31. The maximum Gasteiger partial charge on any atom is 0.105 e. The van der Waals surface area contributed by atoms with Crippen molar-refractivity contribution in [3.05, 3.63) is 0 Å². The first kappa shape index (κ1) is 20.4. The molecule has 0 rings (SSSR count). The van der Waals surface area contributed by atoms with Crippen LogP contribution in [-0.4, -0.2) is 60.6 Å². The molecule has 1 N–H and O–H groups in total. The Morgan fingerprint density at radius 3 is 1.95 bits per heavy atom. The third-order valence-electron chi connectivity index (χ3n) is 4.07. The van der Waals surface area contributed by atoms with Gasteiger partial charge in [0, 0.05) is 12.6 Å². The van der Waals surface area contributed by atoms with Gasteiger partial charge in [0.05, 0.1) is 6.07 Å². The van der Waals surface area contributed by atoms with E-state index in [-0.39, 0.29) is 0 Å². The second-order valence-corrected chi connectivity index (χ2v) is 6.31. The molecule has 0 aromatic rings. The molecule has 0 aliphatic rings. The van der Waals surface area contributed by atoms with Crippen LogP contribution in [0.4, 0.5) is 0 Å². The van der Waals surface area contributed by atoms with Gasteiger partial charge in [-0.15, -0.1) is 0 Å². The van der Waals surface area contributed by atoms with Crippen molar-refractivity contribution in [2.75, 3.05) is 39.3 Å². The van der Waals surface area contributed by atoms with Crippen LogP contribution in [0.2, 0.25) is 0 Å². The fourth-order valence-corrected chi connectivity index (χ4v) is 2.66. The van der Waals surface area contributed by atoms with Crippen LogP contribution in [0, 0.1) is 11.3 Å². The van der Waals surface area contributed by atoms with Crippen molar-refractivity contribution in [1.29, 1.82) is 5.26 Å². The Morgan fingerprint density at radius 2 is 1.52 bits per heavy atom. The Bertz CT molecular complexity index is 294. The number of rotatable bonds is 12. The van der Waals surface area contributed by atoms with Gasteiger partial charge in [0.2, 0.25) is 0 Å². The molecule has 0 fully saturated rings.